The summed E-state index contributed by atoms with van der Waals surface area (Å²) >= 11 is 0. The number of amidine groups is 1. The van der Waals surface area contributed by atoms with Gasteiger partial charge in [0.2, 0.25) is 0 Å². The second-order valence-electron chi connectivity index (χ2n) is 6.48. The highest BCUT2D eigenvalue weighted by Gasteiger charge is 2.40. The molecule has 2 atom stereocenters. The van der Waals surface area contributed by atoms with Gasteiger partial charge in [0.05, 0.1) is 17.7 Å². The Kier molecular flexibility index (Phi) is 3.82. The number of allylic oxidation sites excluding steroid dienone is 8. The number of hydrogen-bond acceptors (Lipinski definition) is 3. The predicted molar refractivity (Wildman–Crippen MR) is 92.6 cm³/mol. The first kappa shape index (κ1) is 16.8. The van der Waals surface area contributed by atoms with Crippen molar-refractivity contribution < 1.29 is 17.6 Å². The second-order valence-corrected chi connectivity index (χ2v) is 6.48. The molecule has 0 amide bonds. The molecule has 7 heteroatoms. The molecule has 2 aliphatic carbocycles. The van der Waals surface area contributed by atoms with E-state index >= 15 is 0 Å². The maximum absolute atomic E-state index is 13.9. The lowest BCUT2D eigenvalue weighted by Crippen LogP contribution is -2.37. The summed E-state index contributed by atoms with van der Waals surface area (Å²) < 4.78 is 52.9. The Morgan fingerprint density at radius 3 is 2.77 bits per heavy atom. The van der Waals surface area contributed by atoms with Gasteiger partial charge in [-0.2, -0.15) is 13.2 Å². The number of fused-ring (bicyclic) bond motifs is 3. The largest absolute Gasteiger partial charge is 0.416 e. The Morgan fingerprint density at radius 2 is 2.00 bits per heavy atom. The number of likely N-dealkylation sites (N-methyl/N-ethyl adjacent to an activating group) is 1. The summed E-state index contributed by atoms with van der Waals surface area (Å²) in [5, 5.41) is 0. The first-order chi connectivity index (χ1) is 12.3. The molecule has 3 nitrogen and oxygen atoms in total. The fourth-order valence-corrected chi connectivity index (χ4v) is 3.43. The Balaban J connectivity index is 1.76. The van der Waals surface area contributed by atoms with Crippen molar-refractivity contribution >= 4 is 12.1 Å². The van der Waals surface area contributed by atoms with E-state index in [1.807, 2.05) is 4.90 Å². The molecule has 2 heterocycles. The summed E-state index contributed by atoms with van der Waals surface area (Å²) in [4.78, 5) is 10.6. The van der Waals surface area contributed by atoms with Gasteiger partial charge in [-0.25, -0.2) is 4.39 Å². The highest BCUT2D eigenvalue weighted by atomic mass is 19.4. The van der Waals surface area contributed by atoms with Gasteiger partial charge in [0.15, 0.2) is 0 Å². The molecule has 4 aliphatic rings. The van der Waals surface area contributed by atoms with Crippen LogP contribution in [0, 0.1) is 0 Å². The summed E-state index contributed by atoms with van der Waals surface area (Å²) in [6.07, 6.45) is 7.54. The molecular formula is C19H15F4N3. The molecule has 0 fully saturated rings. The normalized spacial score (nSPS) is 27.5. The zero-order chi connectivity index (χ0) is 18.5. The molecule has 26 heavy (non-hydrogen) atoms. The molecule has 0 aromatic carbocycles. The number of rotatable bonds is 1. The third kappa shape index (κ3) is 2.87. The van der Waals surface area contributed by atoms with Crippen molar-refractivity contribution in [2.45, 2.75) is 24.7 Å². The lowest BCUT2D eigenvalue weighted by Gasteiger charge is -2.26. The molecule has 134 valence electrons. The predicted octanol–water partition coefficient (Wildman–Crippen LogP) is 4.20. The van der Waals surface area contributed by atoms with Crippen LogP contribution >= 0.6 is 0 Å². The molecule has 0 saturated heterocycles. The van der Waals surface area contributed by atoms with Crippen LogP contribution in [0.25, 0.3) is 0 Å². The zero-order valence-corrected chi connectivity index (χ0v) is 13.8. The highest BCUT2D eigenvalue weighted by molar-refractivity contribution is 6.17. The molecule has 2 aliphatic heterocycles. The zero-order valence-electron chi connectivity index (χ0n) is 13.8. The second kappa shape index (κ2) is 5.93. The van der Waals surface area contributed by atoms with Crippen LogP contribution in [0.2, 0.25) is 0 Å². The van der Waals surface area contributed by atoms with Gasteiger partial charge in [0.1, 0.15) is 11.7 Å². The number of halogens is 4. The molecule has 0 spiro atoms. The summed E-state index contributed by atoms with van der Waals surface area (Å²) in [7, 11) is 1.77. The molecule has 0 saturated carbocycles. The monoisotopic (exact) mass is 361 g/mol. The average Bonchev–Trinajstić information content (AvgIpc) is 2.73. The first-order valence-corrected chi connectivity index (χ1v) is 8.12. The van der Waals surface area contributed by atoms with Crippen molar-refractivity contribution in [1.82, 2.24) is 4.90 Å². The van der Waals surface area contributed by atoms with Crippen molar-refractivity contribution in [3.05, 3.63) is 70.8 Å². The molecule has 0 N–H and O–H groups in total. The third-order valence-corrected chi connectivity index (χ3v) is 4.75. The van der Waals surface area contributed by atoms with Gasteiger partial charge < -0.3 is 4.90 Å². The van der Waals surface area contributed by atoms with Crippen LogP contribution in [0.4, 0.5) is 17.6 Å². The van der Waals surface area contributed by atoms with Crippen molar-refractivity contribution in [2.24, 2.45) is 9.98 Å². The topological polar surface area (TPSA) is 28.0 Å². The number of aliphatic imine (C=N–C) groups is 2. The fourth-order valence-electron chi connectivity index (χ4n) is 3.43. The first-order valence-electron chi connectivity index (χ1n) is 8.12. The molecule has 0 aromatic rings. The maximum Gasteiger partial charge on any atom is 0.416 e. The van der Waals surface area contributed by atoms with E-state index in [2.05, 4.69) is 9.98 Å². The minimum Gasteiger partial charge on any atom is -0.350 e. The van der Waals surface area contributed by atoms with Crippen molar-refractivity contribution in [2.75, 3.05) is 7.05 Å². The van der Waals surface area contributed by atoms with Crippen LogP contribution in [-0.4, -0.2) is 42.3 Å². The smallest absolute Gasteiger partial charge is 0.350 e. The summed E-state index contributed by atoms with van der Waals surface area (Å²) in [5.41, 5.74) is 1.49. The van der Waals surface area contributed by atoms with Crippen molar-refractivity contribution in [3.63, 3.8) is 0 Å². The van der Waals surface area contributed by atoms with E-state index < -0.39 is 17.8 Å². The van der Waals surface area contributed by atoms with Crippen molar-refractivity contribution in [1.29, 1.82) is 0 Å². The van der Waals surface area contributed by atoms with E-state index in [9.17, 15) is 17.6 Å². The van der Waals surface area contributed by atoms with Crippen LogP contribution in [0.1, 0.15) is 6.42 Å². The van der Waals surface area contributed by atoms with Crippen LogP contribution in [-0.2, 0) is 0 Å². The summed E-state index contributed by atoms with van der Waals surface area (Å²) in [5.74, 6) is 0.137. The van der Waals surface area contributed by atoms with E-state index in [1.165, 1.54) is 18.2 Å². The van der Waals surface area contributed by atoms with Gasteiger partial charge in [0.25, 0.3) is 0 Å². The van der Waals surface area contributed by atoms with Gasteiger partial charge >= 0.3 is 6.18 Å². The minimum atomic E-state index is -4.40. The van der Waals surface area contributed by atoms with E-state index in [1.54, 1.807) is 25.5 Å². The molecule has 4 rings (SSSR count). The van der Waals surface area contributed by atoms with Gasteiger partial charge in [-0.15, -0.1) is 0 Å². The lowest BCUT2D eigenvalue weighted by atomic mass is 9.98. The van der Waals surface area contributed by atoms with Gasteiger partial charge in [-0.1, -0.05) is 18.2 Å². The average molecular weight is 361 g/mol. The Labute approximate surface area is 147 Å². The lowest BCUT2D eigenvalue weighted by molar-refractivity contribution is -0.0888. The van der Waals surface area contributed by atoms with E-state index in [0.717, 1.165) is 17.7 Å². The molecule has 2 bridgehead atoms. The van der Waals surface area contributed by atoms with Crippen LogP contribution in [0.3, 0.4) is 0 Å². The van der Waals surface area contributed by atoms with Crippen molar-refractivity contribution in [3.8, 4) is 0 Å². The fraction of sp³-hybridized carbons (Fsp3) is 0.263. The standard InChI is InChI=1S/C19H15F4N3/c1-26-17-5-3-13(19(21,22)23)8-16(17)25-18(26)15-10-24-9-11-2-4-14(20)7-12(15)6-11/h2-5,7-10,16-17H,6H2,1H3. The van der Waals surface area contributed by atoms with E-state index in [0.29, 0.717) is 23.4 Å². The summed E-state index contributed by atoms with van der Waals surface area (Å²) in [6.45, 7) is 0. The molecule has 0 aromatic heterocycles. The SMILES string of the molecule is CN1C(C2=C3C=C(F)C=CC(=CN=C2)C3)=NC2C=C(C(F)(F)F)C=CC21. The Morgan fingerprint density at radius 1 is 1.19 bits per heavy atom. The van der Waals surface area contributed by atoms with Gasteiger partial charge in [0, 0.05) is 25.0 Å². The maximum atomic E-state index is 13.9. The van der Waals surface area contributed by atoms with Crippen LogP contribution in [0.5, 0.6) is 0 Å². The molecular weight excluding hydrogens is 346 g/mol. The van der Waals surface area contributed by atoms with Gasteiger partial charge in [-0.3, -0.25) is 9.98 Å². The quantitative estimate of drug-likeness (QED) is 0.643. The number of hydrogen-bond donors (Lipinski definition) is 0. The Bertz CT molecular complexity index is 894. The summed E-state index contributed by atoms with van der Waals surface area (Å²) in [6, 6.07) is -0.933. The molecule has 0 radical (unpaired) electrons. The van der Waals surface area contributed by atoms with Gasteiger partial charge in [-0.05, 0) is 35.8 Å². The number of nitrogens with zero attached hydrogens (tertiary/aromatic N) is 3. The van der Waals surface area contributed by atoms with E-state index in [4.69, 9.17) is 0 Å². The number of alkyl halides is 3. The van der Waals surface area contributed by atoms with Crippen LogP contribution in [0.15, 0.2) is 80.8 Å². The third-order valence-electron chi connectivity index (χ3n) is 4.75. The minimum absolute atomic E-state index is 0.300. The molecule has 2 unspecified atom stereocenters. The highest BCUT2D eigenvalue weighted by Crippen LogP contribution is 2.35. The Hall–Kier alpha value is -2.70. The van der Waals surface area contributed by atoms with Crippen LogP contribution < -0.4 is 0 Å². The van der Waals surface area contributed by atoms with E-state index in [-0.39, 0.29) is 11.9 Å².